The van der Waals surface area contributed by atoms with E-state index in [1.165, 1.54) is 12.0 Å². The third-order valence-corrected chi connectivity index (χ3v) is 3.40. The molecule has 0 radical (unpaired) electrons. The topological polar surface area (TPSA) is 29.1 Å². The molecule has 0 heterocycles. The second-order valence-electron chi connectivity index (χ2n) is 4.51. The van der Waals surface area contributed by atoms with Gasteiger partial charge in [-0.05, 0) is 24.8 Å². The lowest BCUT2D eigenvalue weighted by Gasteiger charge is -2.27. The van der Waals surface area contributed by atoms with E-state index in [1.807, 2.05) is 18.2 Å². The standard InChI is InChI=1S/C14H19NO/c1-2-13(11-7-4-3-5-8-11)15-14(16)12-9-6-10-12/h3-5,7-8,12-13H,2,6,9-10H2,1H3,(H,15,16)/t13-/m0/s1. The molecule has 1 atom stereocenters. The predicted molar refractivity (Wildman–Crippen MR) is 65.0 cm³/mol. The van der Waals surface area contributed by atoms with Crippen molar-refractivity contribution in [3.8, 4) is 0 Å². The number of carbonyl (C=O) groups excluding carboxylic acids is 1. The van der Waals surface area contributed by atoms with Crippen LogP contribution in [0.2, 0.25) is 0 Å². The van der Waals surface area contributed by atoms with Gasteiger partial charge in [-0.15, -0.1) is 0 Å². The predicted octanol–water partition coefficient (Wildman–Crippen LogP) is 3.05. The minimum Gasteiger partial charge on any atom is -0.349 e. The van der Waals surface area contributed by atoms with Crippen LogP contribution in [-0.4, -0.2) is 5.91 Å². The van der Waals surface area contributed by atoms with Crippen LogP contribution < -0.4 is 5.32 Å². The van der Waals surface area contributed by atoms with E-state index >= 15 is 0 Å². The highest BCUT2D eigenvalue weighted by atomic mass is 16.2. The van der Waals surface area contributed by atoms with E-state index in [0.29, 0.717) is 0 Å². The van der Waals surface area contributed by atoms with Gasteiger partial charge in [0.1, 0.15) is 0 Å². The average Bonchev–Trinajstić information content (AvgIpc) is 2.24. The largest absolute Gasteiger partial charge is 0.349 e. The number of rotatable bonds is 4. The Morgan fingerprint density at radius 3 is 2.56 bits per heavy atom. The summed E-state index contributed by atoms with van der Waals surface area (Å²) in [7, 11) is 0. The van der Waals surface area contributed by atoms with Crippen molar-refractivity contribution in [1.82, 2.24) is 5.32 Å². The second kappa shape index (κ2) is 5.15. The van der Waals surface area contributed by atoms with Crippen LogP contribution in [0.3, 0.4) is 0 Å². The first-order valence-electron chi connectivity index (χ1n) is 6.16. The lowest BCUT2D eigenvalue weighted by molar-refractivity contribution is -0.128. The lowest BCUT2D eigenvalue weighted by atomic mass is 9.84. The zero-order valence-corrected chi connectivity index (χ0v) is 9.78. The first kappa shape index (κ1) is 11.2. The van der Waals surface area contributed by atoms with Gasteiger partial charge in [0.2, 0.25) is 5.91 Å². The van der Waals surface area contributed by atoms with Crippen molar-refractivity contribution in [2.75, 3.05) is 0 Å². The van der Waals surface area contributed by atoms with Crippen molar-refractivity contribution in [2.24, 2.45) is 5.92 Å². The third-order valence-electron chi connectivity index (χ3n) is 3.40. The molecule has 0 unspecified atom stereocenters. The Hall–Kier alpha value is -1.31. The Labute approximate surface area is 97.1 Å². The molecule has 16 heavy (non-hydrogen) atoms. The summed E-state index contributed by atoms with van der Waals surface area (Å²) in [5.74, 6) is 0.514. The molecule has 2 nitrogen and oxygen atoms in total. The van der Waals surface area contributed by atoms with Crippen LogP contribution in [0.15, 0.2) is 30.3 Å². The fourth-order valence-corrected chi connectivity index (χ4v) is 2.07. The van der Waals surface area contributed by atoms with Gasteiger partial charge < -0.3 is 5.32 Å². The Kier molecular flexibility index (Phi) is 3.60. The van der Waals surface area contributed by atoms with Crippen LogP contribution in [0.5, 0.6) is 0 Å². The highest BCUT2D eigenvalue weighted by molar-refractivity contribution is 5.79. The quantitative estimate of drug-likeness (QED) is 0.825. The van der Waals surface area contributed by atoms with Gasteiger partial charge in [-0.1, -0.05) is 43.7 Å². The number of benzene rings is 1. The second-order valence-corrected chi connectivity index (χ2v) is 4.51. The molecular formula is C14H19NO. The fourth-order valence-electron chi connectivity index (χ4n) is 2.07. The molecule has 0 saturated heterocycles. The van der Waals surface area contributed by atoms with Crippen molar-refractivity contribution in [3.05, 3.63) is 35.9 Å². The zero-order chi connectivity index (χ0) is 11.4. The van der Waals surface area contributed by atoms with Crippen LogP contribution in [0.1, 0.15) is 44.2 Å². The molecule has 86 valence electrons. The van der Waals surface area contributed by atoms with E-state index in [0.717, 1.165) is 19.3 Å². The molecule has 1 fully saturated rings. The van der Waals surface area contributed by atoms with E-state index in [1.54, 1.807) is 0 Å². The first-order chi connectivity index (χ1) is 7.81. The van der Waals surface area contributed by atoms with Crippen LogP contribution in [0, 0.1) is 5.92 Å². The molecule has 1 aliphatic rings. The fraction of sp³-hybridized carbons (Fsp3) is 0.500. The van der Waals surface area contributed by atoms with Gasteiger partial charge in [0.25, 0.3) is 0 Å². The minimum atomic E-state index is 0.175. The zero-order valence-electron chi connectivity index (χ0n) is 9.78. The Morgan fingerprint density at radius 2 is 2.06 bits per heavy atom. The summed E-state index contributed by atoms with van der Waals surface area (Å²) in [6.45, 7) is 2.11. The number of nitrogens with one attached hydrogen (secondary N) is 1. The first-order valence-corrected chi connectivity index (χ1v) is 6.16. The number of amides is 1. The summed E-state index contributed by atoms with van der Waals surface area (Å²) in [4.78, 5) is 11.9. The molecule has 1 aromatic rings. The van der Waals surface area contributed by atoms with Crippen LogP contribution in [0.4, 0.5) is 0 Å². The monoisotopic (exact) mass is 217 g/mol. The minimum absolute atomic E-state index is 0.175. The Balaban J connectivity index is 1.97. The summed E-state index contributed by atoms with van der Waals surface area (Å²) in [5.41, 5.74) is 1.21. The van der Waals surface area contributed by atoms with Crippen LogP contribution in [0.25, 0.3) is 0 Å². The number of hydrogen-bond acceptors (Lipinski definition) is 1. The maximum absolute atomic E-state index is 11.9. The Morgan fingerprint density at radius 1 is 1.38 bits per heavy atom. The molecule has 0 aromatic heterocycles. The lowest BCUT2D eigenvalue weighted by Crippen LogP contribution is -2.36. The molecule has 1 saturated carbocycles. The number of carbonyl (C=O) groups is 1. The van der Waals surface area contributed by atoms with E-state index in [2.05, 4.69) is 24.4 Å². The van der Waals surface area contributed by atoms with Crippen LogP contribution in [-0.2, 0) is 4.79 Å². The highest BCUT2D eigenvalue weighted by Gasteiger charge is 2.26. The molecule has 2 heteroatoms. The van der Waals surface area contributed by atoms with Gasteiger partial charge in [0, 0.05) is 5.92 Å². The summed E-state index contributed by atoms with van der Waals surface area (Å²) in [6, 6.07) is 10.4. The molecule has 1 aromatic carbocycles. The van der Waals surface area contributed by atoms with Crippen molar-refractivity contribution in [1.29, 1.82) is 0 Å². The maximum Gasteiger partial charge on any atom is 0.223 e. The van der Waals surface area contributed by atoms with Crippen molar-refractivity contribution < 1.29 is 4.79 Å². The van der Waals surface area contributed by atoms with Gasteiger partial charge in [-0.25, -0.2) is 0 Å². The summed E-state index contributed by atoms with van der Waals surface area (Å²) in [5, 5.41) is 3.15. The van der Waals surface area contributed by atoms with Crippen LogP contribution >= 0.6 is 0 Å². The maximum atomic E-state index is 11.9. The van der Waals surface area contributed by atoms with Crippen molar-refractivity contribution >= 4 is 5.91 Å². The molecule has 0 aliphatic heterocycles. The third kappa shape index (κ3) is 2.43. The van der Waals surface area contributed by atoms with E-state index < -0.39 is 0 Å². The van der Waals surface area contributed by atoms with E-state index in [4.69, 9.17) is 0 Å². The highest BCUT2D eigenvalue weighted by Crippen LogP contribution is 2.27. The number of hydrogen-bond donors (Lipinski definition) is 1. The summed E-state index contributed by atoms with van der Waals surface area (Å²) < 4.78 is 0. The Bertz CT molecular complexity index is 343. The normalized spacial score (nSPS) is 17.6. The summed E-state index contributed by atoms with van der Waals surface area (Å²) >= 11 is 0. The molecule has 0 spiro atoms. The SMILES string of the molecule is CC[C@H](NC(=O)C1CCC1)c1ccccc1. The molecular weight excluding hydrogens is 198 g/mol. The smallest absolute Gasteiger partial charge is 0.223 e. The molecule has 1 aliphatic carbocycles. The summed E-state index contributed by atoms with van der Waals surface area (Å²) in [6.07, 6.45) is 4.29. The van der Waals surface area contributed by atoms with Gasteiger partial charge in [0.05, 0.1) is 6.04 Å². The molecule has 1 amide bonds. The van der Waals surface area contributed by atoms with Gasteiger partial charge in [-0.2, -0.15) is 0 Å². The molecule has 0 bridgehead atoms. The van der Waals surface area contributed by atoms with Crippen molar-refractivity contribution in [3.63, 3.8) is 0 Å². The van der Waals surface area contributed by atoms with Crippen molar-refractivity contribution in [2.45, 2.75) is 38.6 Å². The molecule has 2 rings (SSSR count). The van der Waals surface area contributed by atoms with Gasteiger partial charge >= 0.3 is 0 Å². The van der Waals surface area contributed by atoms with Gasteiger partial charge in [0.15, 0.2) is 0 Å². The van der Waals surface area contributed by atoms with E-state index in [9.17, 15) is 4.79 Å². The molecule has 1 N–H and O–H groups in total. The van der Waals surface area contributed by atoms with Gasteiger partial charge in [-0.3, -0.25) is 4.79 Å². The average molecular weight is 217 g/mol. The van der Waals surface area contributed by atoms with E-state index in [-0.39, 0.29) is 17.9 Å².